The number of sulfone groups is 1. The van der Waals surface area contributed by atoms with Crippen LogP contribution in [0, 0.1) is 0 Å². The van der Waals surface area contributed by atoms with Crippen molar-refractivity contribution in [2.24, 2.45) is 4.99 Å². The van der Waals surface area contributed by atoms with Crippen LogP contribution in [0.15, 0.2) is 60.4 Å². The molecule has 2 heterocycles. The predicted octanol–water partition coefficient (Wildman–Crippen LogP) is 3.58. The van der Waals surface area contributed by atoms with Crippen LogP contribution in [0.3, 0.4) is 0 Å². The van der Waals surface area contributed by atoms with E-state index in [1.54, 1.807) is 18.5 Å². The van der Waals surface area contributed by atoms with E-state index in [1.807, 2.05) is 36.4 Å². The van der Waals surface area contributed by atoms with E-state index in [1.165, 1.54) is 6.26 Å². The molecule has 0 amide bonds. The van der Waals surface area contributed by atoms with E-state index in [0.717, 1.165) is 28.1 Å². The van der Waals surface area contributed by atoms with Crippen molar-refractivity contribution in [1.82, 2.24) is 15.0 Å². The lowest BCUT2D eigenvalue weighted by Crippen LogP contribution is -2.14. The summed E-state index contributed by atoms with van der Waals surface area (Å²) >= 11 is 0. The first-order valence-corrected chi connectivity index (χ1v) is 11.6. The Morgan fingerprint density at radius 3 is 2.65 bits per heavy atom. The Hall–Kier alpha value is -3.59. The van der Waals surface area contributed by atoms with Gasteiger partial charge in [-0.2, -0.15) is 0 Å². The van der Waals surface area contributed by atoms with E-state index in [-0.39, 0.29) is 5.75 Å². The summed E-state index contributed by atoms with van der Waals surface area (Å²) in [5, 5.41) is 6.19. The van der Waals surface area contributed by atoms with Gasteiger partial charge in [-0.3, -0.25) is 4.99 Å². The second-order valence-electron chi connectivity index (χ2n) is 6.86. The molecule has 2 aromatic heterocycles. The minimum Gasteiger partial charge on any atom is -0.369 e. The molecule has 31 heavy (non-hydrogen) atoms. The SMILES string of the molecule is C=Cc1cc(-c2ccnc(NCc3ccc(NCCS(C)(=O)=O)nc3)n2)ccc1N=C. The largest absolute Gasteiger partial charge is 0.369 e. The van der Waals surface area contributed by atoms with E-state index in [9.17, 15) is 8.42 Å². The number of hydrogen-bond acceptors (Lipinski definition) is 8. The molecular weight excluding hydrogens is 412 g/mol. The Morgan fingerprint density at radius 1 is 1.13 bits per heavy atom. The van der Waals surface area contributed by atoms with Crippen LogP contribution in [0.5, 0.6) is 0 Å². The number of benzene rings is 1. The van der Waals surface area contributed by atoms with Gasteiger partial charge in [0, 0.05) is 42.9 Å². The fourth-order valence-electron chi connectivity index (χ4n) is 2.81. The first-order valence-electron chi connectivity index (χ1n) is 9.55. The van der Waals surface area contributed by atoms with Gasteiger partial charge < -0.3 is 10.6 Å². The van der Waals surface area contributed by atoms with E-state index < -0.39 is 9.84 Å². The summed E-state index contributed by atoms with van der Waals surface area (Å²) in [4.78, 5) is 17.1. The maximum absolute atomic E-state index is 11.2. The monoisotopic (exact) mass is 436 g/mol. The minimum atomic E-state index is -3.00. The van der Waals surface area contributed by atoms with E-state index in [2.05, 4.69) is 43.9 Å². The molecule has 0 unspecified atom stereocenters. The molecule has 0 saturated carbocycles. The van der Waals surface area contributed by atoms with Crippen LogP contribution in [0.2, 0.25) is 0 Å². The van der Waals surface area contributed by atoms with Gasteiger partial charge >= 0.3 is 0 Å². The number of pyridine rings is 1. The molecule has 0 saturated heterocycles. The lowest BCUT2D eigenvalue weighted by atomic mass is 10.1. The molecule has 0 radical (unpaired) electrons. The van der Waals surface area contributed by atoms with Gasteiger partial charge in [-0.25, -0.2) is 23.4 Å². The summed E-state index contributed by atoms with van der Waals surface area (Å²) in [7, 11) is -3.00. The molecule has 3 aromatic rings. The van der Waals surface area contributed by atoms with Crippen molar-refractivity contribution in [3.8, 4) is 11.3 Å². The van der Waals surface area contributed by atoms with E-state index >= 15 is 0 Å². The zero-order chi connectivity index (χ0) is 22.3. The summed E-state index contributed by atoms with van der Waals surface area (Å²) in [6.07, 6.45) is 6.36. The van der Waals surface area contributed by atoms with Crippen molar-refractivity contribution in [2.75, 3.05) is 29.2 Å². The molecule has 0 atom stereocenters. The minimum absolute atomic E-state index is 0.0623. The molecule has 0 spiro atoms. The Morgan fingerprint density at radius 2 is 1.97 bits per heavy atom. The molecular formula is C22H24N6O2S. The highest BCUT2D eigenvalue weighted by Gasteiger charge is 2.06. The lowest BCUT2D eigenvalue weighted by Gasteiger charge is -2.09. The van der Waals surface area contributed by atoms with Gasteiger partial charge in [-0.05, 0) is 36.5 Å². The van der Waals surface area contributed by atoms with E-state index in [0.29, 0.717) is 24.9 Å². The Labute approximate surface area is 182 Å². The zero-order valence-corrected chi connectivity index (χ0v) is 18.1. The van der Waals surface area contributed by atoms with Crippen molar-refractivity contribution in [3.63, 3.8) is 0 Å². The van der Waals surface area contributed by atoms with Crippen LogP contribution < -0.4 is 10.6 Å². The topological polar surface area (TPSA) is 109 Å². The first-order chi connectivity index (χ1) is 14.9. The number of aromatic nitrogens is 3. The Bertz CT molecular complexity index is 1180. The highest BCUT2D eigenvalue weighted by atomic mass is 32.2. The third-order valence-electron chi connectivity index (χ3n) is 4.42. The maximum Gasteiger partial charge on any atom is 0.223 e. The van der Waals surface area contributed by atoms with Crippen molar-refractivity contribution in [2.45, 2.75) is 6.54 Å². The molecule has 0 aliphatic heterocycles. The van der Waals surface area contributed by atoms with Crippen molar-refractivity contribution in [1.29, 1.82) is 0 Å². The van der Waals surface area contributed by atoms with Gasteiger partial charge in [0.2, 0.25) is 5.95 Å². The van der Waals surface area contributed by atoms with Crippen LogP contribution in [-0.2, 0) is 16.4 Å². The van der Waals surface area contributed by atoms with Gasteiger partial charge in [0.05, 0.1) is 17.1 Å². The molecule has 0 bridgehead atoms. The summed E-state index contributed by atoms with van der Waals surface area (Å²) in [6, 6.07) is 11.3. The summed E-state index contributed by atoms with van der Waals surface area (Å²) in [5.41, 5.74) is 4.31. The number of hydrogen-bond donors (Lipinski definition) is 2. The summed E-state index contributed by atoms with van der Waals surface area (Å²) in [6.45, 7) is 8.21. The molecule has 0 aliphatic rings. The third-order valence-corrected chi connectivity index (χ3v) is 5.37. The fraction of sp³-hybridized carbons (Fsp3) is 0.182. The number of nitrogens with one attached hydrogen (secondary N) is 2. The van der Waals surface area contributed by atoms with Crippen LogP contribution in [0.25, 0.3) is 17.3 Å². The highest BCUT2D eigenvalue weighted by Crippen LogP contribution is 2.26. The second-order valence-corrected chi connectivity index (χ2v) is 9.12. The number of nitrogens with zero attached hydrogens (tertiary/aromatic N) is 4. The van der Waals surface area contributed by atoms with Gasteiger partial charge in [-0.1, -0.05) is 24.8 Å². The molecule has 0 fully saturated rings. The average molecular weight is 437 g/mol. The van der Waals surface area contributed by atoms with Gasteiger partial charge in [-0.15, -0.1) is 0 Å². The molecule has 1 aromatic carbocycles. The first kappa shape index (κ1) is 22.1. The molecule has 8 nitrogen and oxygen atoms in total. The second kappa shape index (κ2) is 9.94. The van der Waals surface area contributed by atoms with Crippen LogP contribution in [-0.4, -0.2) is 48.6 Å². The predicted molar refractivity (Wildman–Crippen MR) is 127 cm³/mol. The number of rotatable bonds is 10. The molecule has 0 aliphatic carbocycles. The van der Waals surface area contributed by atoms with Gasteiger partial charge in [0.15, 0.2) is 0 Å². The van der Waals surface area contributed by atoms with Crippen molar-refractivity contribution in [3.05, 3.63) is 66.5 Å². The zero-order valence-electron chi connectivity index (χ0n) is 17.2. The van der Waals surface area contributed by atoms with Crippen LogP contribution in [0.4, 0.5) is 17.5 Å². The standard InChI is InChI=1S/C22H24N6O2S/c1-4-17-13-18(6-7-19(17)23-2)20-9-10-25-22(28-20)27-15-16-5-8-21(26-14-16)24-11-12-31(3,29)30/h4-10,13-14H,1-2,11-12,15H2,3H3,(H,24,26)(H,25,27,28). The maximum atomic E-state index is 11.2. The van der Waals surface area contributed by atoms with Crippen molar-refractivity contribution < 1.29 is 8.42 Å². The van der Waals surface area contributed by atoms with Crippen molar-refractivity contribution >= 4 is 40.1 Å². The molecule has 160 valence electrons. The highest BCUT2D eigenvalue weighted by molar-refractivity contribution is 7.90. The molecule has 3 rings (SSSR count). The van der Waals surface area contributed by atoms with Crippen LogP contribution >= 0.6 is 0 Å². The van der Waals surface area contributed by atoms with Gasteiger partial charge in [0.25, 0.3) is 0 Å². The number of anilines is 2. The Kier molecular flexibility index (Phi) is 7.09. The molecule has 9 heteroatoms. The average Bonchev–Trinajstić information content (AvgIpc) is 2.77. The van der Waals surface area contributed by atoms with Crippen LogP contribution in [0.1, 0.15) is 11.1 Å². The molecule has 2 N–H and O–H groups in total. The Balaban J connectivity index is 1.63. The third kappa shape index (κ3) is 6.45. The van der Waals surface area contributed by atoms with Gasteiger partial charge in [0.1, 0.15) is 15.7 Å². The lowest BCUT2D eigenvalue weighted by molar-refractivity contribution is 0.602. The quantitative estimate of drug-likeness (QED) is 0.468. The number of aliphatic imine (C=N–C) groups is 1. The fourth-order valence-corrected chi connectivity index (χ4v) is 3.28. The summed E-state index contributed by atoms with van der Waals surface area (Å²) < 4.78 is 22.4. The van der Waals surface area contributed by atoms with E-state index in [4.69, 9.17) is 0 Å². The smallest absolute Gasteiger partial charge is 0.223 e. The summed E-state index contributed by atoms with van der Waals surface area (Å²) in [5.74, 6) is 1.19. The normalized spacial score (nSPS) is 11.0.